The first-order valence-electron chi connectivity index (χ1n) is 6.15. The van der Waals surface area contributed by atoms with Crippen LogP contribution >= 0.6 is 11.6 Å². The van der Waals surface area contributed by atoms with E-state index in [4.69, 9.17) is 11.6 Å². The number of nitrogens with zero attached hydrogens (tertiary/aromatic N) is 2. The van der Waals surface area contributed by atoms with Crippen LogP contribution in [0.25, 0.3) is 10.9 Å². The average Bonchev–Trinajstić information content (AvgIpc) is 2.40. The molecule has 1 aromatic heterocycles. The minimum atomic E-state index is -0.976. The van der Waals surface area contributed by atoms with E-state index in [2.05, 4.69) is 4.98 Å². The Labute approximate surface area is 116 Å². The Hall–Kier alpha value is -1.81. The van der Waals surface area contributed by atoms with Crippen LogP contribution in [-0.4, -0.2) is 29.1 Å². The molecule has 4 nitrogen and oxygen atoms in total. The number of carboxylic acids is 1. The third-order valence-corrected chi connectivity index (χ3v) is 3.35. The Kier molecular flexibility index (Phi) is 3.90. The van der Waals surface area contributed by atoms with Gasteiger partial charge >= 0.3 is 5.97 Å². The van der Waals surface area contributed by atoms with E-state index in [1.165, 1.54) is 6.20 Å². The summed E-state index contributed by atoms with van der Waals surface area (Å²) >= 11 is 6.02. The van der Waals surface area contributed by atoms with Crippen LogP contribution in [0, 0.1) is 0 Å². The summed E-state index contributed by atoms with van der Waals surface area (Å²) in [6.45, 7) is 5.43. The predicted octanol–water partition coefficient (Wildman–Crippen LogP) is 3.43. The van der Waals surface area contributed by atoms with E-state index in [0.717, 1.165) is 24.0 Å². The Bertz CT molecular complexity index is 624. The first-order valence-corrected chi connectivity index (χ1v) is 6.52. The zero-order valence-electron chi connectivity index (χ0n) is 10.9. The Morgan fingerprint density at radius 3 is 2.63 bits per heavy atom. The number of anilines is 1. The van der Waals surface area contributed by atoms with Gasteiger partial charge in [0.1, 0.15) is 5.56 Å². The van der Waals surface area contributed by atoms with Crippen molar-refractivity contribution in [2.24, 2.45) is 0 Å². The minimum Gasteiger partial charge on any atom is -0.478 e. The molecule has 5 heteroatoms. The van der Waals surface area contributed by atoms with Gasteiger partial charge in [-0.2, -0.15) is 0 Å². The third kappa shape index (κ3) is 2.49. The zero-order valence-corrected chi connectivity index (χ0v) is 11.6. The minimum absolute atomic E-state index is 0.207. The molecule has 1 N–H and O–H groups in total. The highest BCUT2D eigenvalue weighted by Crippen LogP contribution is 2.31. The predicted molar refractivity (Wildman–Crippen MR) is 77.3 cm³/mol. The summed E-state index contributed by atoms with van der Waals surface area (Å²) in [6, 6.07) is 5.32. The summed E-state index contributed by atoms with van der Waals surface area (Å²) in [4.78, 5) is 17.6. The second-order valence-electron chi connectivity index (χ2n) is 4.16. The van der Waals surface area contributed by atoms with Crippen LogP contribution in [0.1, 0.15) is 24.2 Å². The SMILES string of the molecule is CCN(CC)c1c(C(=O)O)cnc2ccc(Cl)cc12. The maximum absolute atomic E-state index is 11.4. The molecular weight excluding hydrogens is 264 g/mol. The van der Waals surface area contributed by atoms with Gasteiger partial charge in [-0.15, -0.1) is 0 Å². The van der Waals surface area contributed by atoms with Crippen LogP contribution < -0.4 is 4.90 Å². The number of benzene rings is 1. The molecule has 1 heterocycles. The lowest BCUT2D eigenvalue weighted by atomic mass is 10.1. The molecule has 0 bridgehead atoms. The third-order valence-electron chi connectivity index (χ3n) is 3.11. The van der Waals surface area contributed by atoms with Gasteiger partial charge in [-0.25, -0.2) is 4.79 Å². The van der Waals surface area contributed by atoms with Gasteiger partial charge in [-0.1, -0.05) is 11.6 Å². The van der Waals surface area contributed by atoms with Gasteiger partial charge in [-0.3, -0.25) is 4.98 Å². The van der Waals surface area contributed by atoms with Gasteiger partial charge in [0, 0.05) is 29.7 Å². The monoisotopic (exact) mass is 278 g/mol. The summed E-state index contributed by atoms with van der Waals surface area (Å²) in [7, 11) is 0. The van der Waals surface area contributed by atoms with Crippen LogP contribution in [0.4, 0.5) is 5.69 Å². The smallest absolute Gasteiger partial charge is 0.339 e. The van der Waals surface area contributed by atoms with Gasteiger partial charge in [0.15, 0.2) is 0 Å². The molecule has 100 valence electrons. The van der Waals surface area contributed by atoms with E-state index in [9.17, 15) is 9.90 Å². The maximum Gasteiger partial charge on any atom is 0.339 e. The van der Waals surface area contributed by atoms with E-state index < -0.39 is 5.97 Å². The summed E-state index contributed by atoms with van der Waals surface area (Å²) in [6.07, 6.45) is 1.41. The maximum atomic E-state index is 11.4. The van der Waals surface area contributed by atoms with Crippen molar-refractivity contribution in [3.63, 3.8) is 0 Å². The molecule has 1 aromatic carbocycles. The Balaban J connectivity index is 2.82. The molecule has 0 fully saturated rings. The van der Waals surface area contributed by atoms with E-state index in [1.807, 2.05) is 18.7 Å². The van der Waals surface area contributed by atoms with E-state index >= 15 is 0 Å². The molecule has 0 amide bonds. The number of pyridine rings is 1. The molecule has 0 saturated carbocycles. The molecule has 0 atom stereocenters. The van der Waals surface area contributed by atoms with Crippen LogP contribution in [0.15, 0.2) is 24.4 Å². The van der Waals surface area contributed by atoms with E-state index in [1.54, 1.807) is 18.2 Å². The lowest BCUT2D eigenvalue weighted by Crippen LogP contribution is -2.24. The number of fused-ring (bicyclic) bond motifs is 1. The van der Waals surface area contributed by atoms with Crippen molar-refractivity contribution in [2.75, 3.05) is 18.0 Å². The van der Waals surface area contributed by atoms with Gasteiger partial charge < -0.3 is 10.0 Å². The molecule has 0 radical (unpaired) electrons. The highest BCUT2D eigenvalue weighted by atomic mass is 35.5. The van der Waals surface area contributed by atoms with Crippen molar-refractivity contribution >= 4 is 34.2 Å². The average molecular weight is 279 g/mol. The number of aromatic nitrogens is 1. The summed E-state index contributed by atoms with van der Waals surface area (Å²) in [5.74, 6) is -0.976. The topological polar surface area (TPSA) is 53.4 Å². The van der Waals surface area contributed by atoms with Crippen molar-refractivity contribution in [2.45, 2.75) is 13.8 Å². The van der Waals surface area contributed by atoms with Gasteiger partial charge in [0.25, 0.3) is 0 Å². The lowest BCUT2D eigenvalue weighted by Gasteiger charge is -2.24. The highest BCUT2D eigenvalue weighted by molar-refractivity contribution is 6.31. The molecule has 0 aliphatic heterocycles. The fourth-order valence-electron chi connectivity index (χ4n) is 2.19. The summed E-state index contributed by atoms with van der Waals surface area (Å²) in [5.41, 5.74) is 1.64. The molecule has 0 aliphatic carbocycles. The summed E-state index contributed by atoms with van der Waals surface area (Å²) in [5, 5.41) is 10.7. The van der Waals surface area contributed by atoms with Gasteiger partial charge in [-0.05, 0) is 32.0 Å². The number of rotatable bonds is 4. The van der Waals surface area contributed by atoms with Crippen molar-refractivity contribution in [1.29, 1.82) is 0 Å². The molecule has 0 spiro atoms. The number of hydrogen-bond donors (Lipinski definition) is 1. The van der Waals surface area contributed by atoms with Crippen molar-refractivity contribution in [1.82, 2.24) is 4.98 Å². The molecule has 0 saturated heterocycles. The lowest BCUT2D eigenvalue weighted by molar-refractivity contribution is 0.0697. The number of aromatic carboxylic acids is 1. The highest BCUT2D eigenvalue weighted by Gasteiger charge is 2.18. The zero-order chi connectivity index (χ0) is 14.0. The first kappa shape index (κ1) is 13.6. The van der Waals surface area contributed by atoms with Crippen LogP contribution in [0.5, 0.6) is 0 Å². The molecule has 2 rings (SSSR count). The van der Waals surface area contributed by atoms with E-state index in [-0.39, 0.29) is 5.56 Å². The molecule has 2 aromatic rings. The quantitative estimate of drug-likeness (QED) is 0.931. The number of carboxylic acid groups (broad SMARTS) is 1. The molecule has 19 heavy (non-hydrogen) atoms. The van der Waals surface area contributed by atoms with Gasteiger partial charge in [0.05, 0.1) is 11.2 Å². The summed E-state index contributed by atoms with van der Waals surface area (Å²) < 4.78 is 0. The normalized spacial score (nSPS) is 10.7. The van der Waals surface area contributed by atoms with Crippen molar-refractivity contribution < 1.29 is 9.90 Å². The van der Waals surface area contributed by atoms with Crippen LogP contribution in [0.3, 0.4) is 0 Å². The number of carbonyl (C=O) groups is 1. The Morgan fingerprint density at radius 2 is 2.05 bits per heavy atom. The van der Waals surface area contributed by atoms with E-state index in [0.29, 0.717) is 10.7 Å². The van der Waals surface area contributed by atoms with Crippen LogP contribution in [0.2, 0.25) is 5.02 Å². The second kappa shape index (κ2) is 5.45. The van der Waals surface area contributed by atoms with Gasteiger partial charge in [0.2, 0.25) is 0 Å². The Morgan fingerprint density at radius 1 is 1.37 bits per heavy atom. The van der Waals surface area contributed by atoms with Crippen molar-refractivity contribution in [3.05, 3.63) is 35.0 Å². The van der Waals surface area contributed by atoms with Crippen molar-refractivity contribution in [3.8, 4) is 0 Å². The van der Waals surface area contributed by atoms with Crippen LogP contribution in [-0.2, 0) is 0 Å². The molecule has 0 aliphatic rings. The fraction of sp³-hybridized carbons (Fsp3) is 0.286. The first-order chi connectivity index (χ1) is 9.08. The number of hydrogen-bond acceptors (Lipinski definition) is 3. The standard InChI is InChI=1S/C14H15ClN2O2/c1-3-17(4-2)13-10-7-9(15)5-6-12(10)16-8-11(13)14(18)19/h5-8H,3-4H2,1-2H3,(H,18,19). The fourth-order valence-corrected chi connectivity index (χ4v) is 2.36. The largest absolute Gasteiger partial charge is 0.478 e. The second-order valence-corrected chi connectivity index (χ2v) is 4.60. The number of halogens is 1. The molecule has 0 unspecified atom stereocenters. The molecular formula is C14H15ClN2O2.